The Hall–Kier alpha value is -0.150. The molecule has 1 atom stereocenters. The summed E-state index contributed by atoms with van der Waals surface area (Å²) in [6.07, 6.45) is 0. The van der Waals surface area contributed by atoms with Crippen LogP contribution >= 0.6 is 23.5 Å². The molecule has 1 unspecified atom stereocenters. The van der Waals surface area contributed by atoms with Gasteiger partial charge >= 0.3 is 7.60 Å². The van der Waals surface area contributed by atoms with Gasteiger partial charge in [0.25, 0.3) is 0 Å². The molecule has 1 saturated heterocycles. The summed E-state index contributed by atoms with van der Waals surface area (Å²) in [4.78, 5) is 0. The van der Waals surface area contributed by atoms with Crippen LogP contribution in [0.4, 0.5) is 0 Å². The highest BCUT2D eigenvalue weighted by molar-refractivity contribution is 9.10. The summed E-state index contributed by atoms with van der Waals surface area (Å²) >= 11 is 3.43. The lowest BCUT2D eigenvalue weighted by Crippen LogP contribution is -2.30. The van der Waals surface area contributed by atoms with E-state index in [1.165, 1.54) is 0 Å². The van der Waals surface area contributed by atoms with Crippen LogP contribution in [-0.4, -0.2) is 13.2 Å². The second-order valence-corrected chi connectivity index (χ2v) is 8.73. The van der Waals surface area contributed by atoms with Crippen molar-refractivity contribution in [2.75, 3.05) is 13.2 Å². The van der Waals surface area contributed by atoms with Crippen molar-refractivity contribution in [3.63, 3.8) is 0 Å². The van der Waals surface area contributed by atoms with E-state index in [9.17, 15) is 4.57 Å². The van der Waals surface area contributed by atoms with Gasteiger partial charge in [-0.1, -0.05) is 60.1 Å². The van der Waals surface area contributed by atoms with Gasteiger partial charge in [-0.2, -0.15) is 0 Å². The molecule has 0 N–H and O–H groups in total. The van der Waals surface area contributed by atoms with Crippen molar-refractivity contribution in [3.05, 3.63) is 35.9 Å². The van der Waals surface area contributed by atoms with E-state index < -0.39 is 12.2 Å². The number of benzene rings is 1. The number of rotatable bonds is 2. The first-order valence-corrected chi connectivity index (χ1v) is 8.04. The van der Waals surface area contributed by atoms with E-state index in [1.807, 2.05) is 44.2 Å². The average molecular weight is 319 g/mol. The Kier molecular flexibility index (Phi) is 3.79. The summed E-state index contributed by atoms with van der Waals surface area (Å²) in [5, 5.41) is 0. The third-order valence-corrected chi connectivity index (χ3v) is 6.49. The van der Waals surface area contributed by atoms with Gasteiger partial charge in [0.1, 0.15) is 4.57 Å². The maximum atomic E-state index is 12.5. The van der Waals surface area contributed by atoms with Crippen molar-refractivity contribution in [1.29, 1.82) is 0 Å². The fourth-order valence-corrected chi connectivity index (χ4v) is 4.48. The van der Waals surface area contributed by atoms with Gasteiger partial charge in [0.2, 0.25) is 0 Å². The molecule has 1 aliphatic rings. The summed E-state index contributed by atoms with van der Waals surface area (Å²) in [5.41, 5.74) is 0.840. The van der Waals surface area contributed by atoms with Crippen molar-refractivity contribution >= 4 is 23.5 Å². The molecule has 1 aromatic carbocycles. The highest BCUT2D eigenvalue weighted by Crippen LogP contribution is 2.66. The molecule has 0 aromatic heterocycles. The molecule has 94 valence electrons. The molecular formula is C12H16BrO3P. The van der Waals surface area contributed by atoms with Gasteiger partial charge in [-0.15, -0.1) is 0 Å². The van der Waals surface area contributed by atoms with Crippen molar-refractivity contribution < 1.29 is 13.6 Å². The quantitative estimate of drug-likeness (QED) is 0.601. The number of hydrogen-bond acceptors (Lipinski definition) is 3. The lowest BCUT2D eigenvalue weighted by atomic mass is 9.97. The molecule has 0 saturated carbocycles. The van der Waals surface area contributed by atoms with Crippen LogP contribution in [0.5, 0.6) is 0 Å². The second kappa shape index (κ2) is 4.85. The van der Waals surface area contributed by atoms with Crippen LogP contribution < -0.4 is 0 Å². The molecule has 1 fully saturated rings. The zero-order chi connectivity index (χ0) is 12.5. The maximum absolute atomic E-state index is 12.5. The van der Waals surface area contributed by atoms with E-state index in [0.717, 1.165) is 5.56 Å². The average Bonchev–Trinajstić information content (AvgIpc) is 2.34. The molecule has 1 aromatic rings. The van der Waals surface area contributed by atoms with E-state index >= 15 is 0 Å². The van der Waals surface area contributed by atoms with Crippen LogP contribution in [0.15, 0.2) is 30.3 Å². The number of hydrogen-bond donors (Lipinski definition) is 0. The SMILES string of the molecule is CC1(C)COP(=O)(C(Br)c2ccccc2)OC1. The summed E-state index contributed by atoms with van der Waals surface area (Å²) < 4.78 is 23.1. The van der Waals surface area contributed by atoms with Crippen LogP contribution in [0, 0.1) is 5.41 Å². The van der Waals surface area contributed by atoms with Crippen LogP contribution in [0.3, 0.4) is 0 Å². The first-order valence-electron chi connectivity index (χ1n) is 5.51. The van der Waals surface area contributed by atoms with E-state index in [4.69, 9.17) is 9.05 Å². The molecule has 1 aliphatic heterocycles. The molecule has 1 heterocycles. The van der Waals surface area contributed by atoms with Gasteiger partial charge in [-0.25, -0.2) is 0 Å². The smallest absolute Gasteiger partial charge is 0.307 e. The monoisotopic (exact) mass is 318 g/mol. The highest BCUT2D eigenvalue weighted by Gasteiger charge is 2.42. The zero-order valence-corrected chi connectivity index (χ0v) is 12.4. The van der Waals surface area contributed by atoms with Crippen LogP contribution in [0.1, 0.15) is 24.0 Å². The highest BCUT2D eigenvalue weighted by atomic mass is 79.9. The molecule has 0 spiro atoms. The predicted molar refractivity (Wildman–Crippen MR) is 71.4 cm³/mol. The molecule has 17 heavy (non-hydrogen) atoms. The normalized spacial score (nSPS) is 24.2. The fraction of sp³-hybridized carbons (Fsp3) is 0.500. The van der Waals surface area contributed by atoms with Crippen LogP contribution in [0.25, 0.3) is 0 Å². The molecule has 0 aliphatic carbocycles. The summed E-state index contributed by atoms with van der Waals surface area (Å²) in [6.45, 7) is 4.98. The molecule has 5 heteroatoms. The Labute approximate surface area is 110 Å². The molecule has 0 radical (unpaired) electrons. The van der Waals surface area contributed by atoms with Gasteiger partial charge in [0.05, 0.1) is 13.2 Å². The number of halogens is 1. The summed E-state index contributed by atoms with van der Waals surface area (Å²) in [5.74, 6) is 0. The van der Waals surface area contributed by atoms with E-state index in [-0.39, 0.29) is 5.41 Å². The minimum absolute atomic E-state index is 0.0721. The molecule has 2 rings (SSSR count). The van der Waals surface area contributed by atoms with Gasteiger partial charge in [-0.3, -0.25) is 4.57 Å². The van der Waals surface area contributed by atoms with E-state index in [0.29, 0.717) is 13.2 Å². The van der Waals surface area contributed by atoms with Gasteiger partial charge < -0.3 is 9.05 Å². The van der Waals surface area contributed by atoms with Crippen LogP contribution in [-0.2, 0) is 13.6 Å². The minimum atomic E-state index is -3.09. The van der Waals surface area contributed by atoms with Crippen molar-refractivity contribution in [3.8, 4) is 0 Å². The molecular weight excluding hydrogens is 303 g/mol. The Morgan fingerprint density at radius 3 is 2.29 bits per heavy atom. The second-order valence-electron chi connectivity index (χ2n) is 5.00. The van der Waals surface area contributed by atoms with Gasteiger partial charge in [0, 0.05) is 5.41 Å². The van der Waals surface area contributed by atoms with Crippen molar-refractivity contribution in [2.24, 2.45) is 5.41 Å². The van der Waals surface area contributed by atoms with Crippen molar-refractivity contribution in [1.82, 2.24) is 0 Å². The first kappa shape index (κ1) is 13.3. The van der Waals surface area contributed by atoms with Gasteiger partial charge in [-0.05, 0) is 5.56 Å². The summed E-state index contributed by atoms with van der Waals surface area (Å²) in [7, 11) is -3.09. The Morgan fingerprint density at radius 1 is 1.24 bits per heavy atom. The Balaban J connectivity index is 2.15. The number of alkyl halides is 1. The molecule has 3 nitrogen and oxygen atoms in total. The van der Waals surface area contributed by atoms with Crippen LogP contribution in [0.2, 0.25) is 0 Å². The predicted octanol–water partition coefficient (Wildman–Crippen LogP) is 4.35. The standard InChI is InChI=1S/C12H16BrO3P/c1-12(2)8-15-17(14,16-9-12)11(13)10-6-4-3-5-7-10/h3-7,11H,8-9H2,1-2H3. The Morgan fingerprint density at radius 2 is 1.76 bits per heavy atom. The summed E-state index contributed by atoms with van der Waals surface area (Å²) in [6, 6.07) is 9.55. The maximum Gasteiger partial charge on any atom is 0.348 e. The third kappa shape index (κ3) is 3.00. The Bertz CT molecular complexity index is 419. The third-order valence-electron chi connectivity index (χ3n) is 2.62. The molecule has 0 amide bonds. The lowest BCUT2D eigenvalue weighted by molar-refractivity contribution is 0.0407. The van der Waals surface area contributed by atoms with E-state index in [1.54, 1.807) is 0 Å². The van der Waals surface area contributed by atoms with Gasteiger partial charge in [0.15, 0.2) is 0 Å². The van der Waals surface area contributed by atoms with Crippen molar-refractivity contribution in [2.45, 2.75) is 18.4 Å². The lowest BCUT2D eigenvalue weighted by Gasteiger charge is -2.35. The zero-order valence-electron chi connectivity index (χ0n) is 9.93. The topological polar surface area (TPSA) is 35.5 Å². The minimum Gasteiger partial charge on any atom is -0.307 e. The first-order chi connectivity index (χ1) is 7.93. The molecule has 0 bridgehead atoms. The van der Waals surface area contributed by atoms with E-state index in [2.05, 4.69) is 15.9 Å². The largest absolute Gasteiger partial charge is 0.348 e. The fourth-order valence-electron chi connectivity index (χ4n) is 1.53.